The van der Waals surface area contributed by atoms with E-state index in [1.807, 2.05) is 5.38 Å². The lowest BCUT2D eigenvalue weighted by atomic mass is 9.87. The molecule has 4 heteroatoms. The molecule has 1 aliphatic rings. The highest BCUT2D eigenvalue weighted by molar-refractivity contribution is 7.03. The summed E-state index contributed by atoms with van der Waals surface area (Å²) in [7, 11) is 0. The van der Waals surface area contributed by atoms with Gasteiger partial charge in [-0.2, -0.15) is 0 Å². The minimum Gasteiger partial charge on any atom is -0.385 e. The molecule has 1 fully saturated rings. The van der Waals surface area contributed by atoms with Gasteiger partial charge in [0.05, 0.1) is 5.60 Å². The van der Waals surface area contributed by atoms with Gasteiger partial charge in [0.2, 0.25) is 0 Å². The molecule has 2 N–H and O–H groups in total. The normalized spacial score (nSPS) is 22.4. The van der Waals surface area contributed by atoms with Crippen LogP contribution in [0.4, 0.5) is 0 Å². The van der Waals surface area contributed by atoms with Gasteiger partial charge >= 0.3 is 0 Å². The van der Waals surface area contributed by atoms with Crippen LogP contribution in [0.1, 0.15) is 18.4 Å². The predicted molar refractivity (Wildman–Crippen MR) is 48.1 cm³/mol. The molecule has 0 saturated carbocycles. The molecule has 0 aliphatic carbocycles. The van der Waals surface area contributed by atoms with E-state index in [1.165, 1.54) is 11.5 Å². The van der Waals surface area contributed by atoms with E-state index in [2.05, 4.69) is 9.69 Å². The zero-order valence-electron chi connectivity index (χ0n) is 6.79. The molecule has 12 heavy (non-hydrogen) atoms. The molecule has 0 bridgehead atoms. The quantitative estimate of drug-likeness (QED) is 0.676. The van der Waals surface area contributed by atoms with Gasteiger partial charge in [-0.25, -0.2) is 4.37 Å². The second-order valence-corrected chi connectivity index (χ2v) is 3.85. The SMILES string of the molecule is OC1(c2cnsc2)CCNCC1. The van der Waals surface area contributed by atoms with E-state index < -0.39 is 5.60 Å². The smallest absolute Gasteiger partial charge is 0.0944 e. The first-order chi connectivity index (χ1) is 5.81. The molecule has 1 saturated heterocycles. The van der Waals surface area contributed by atoms with E-state index in [9.17, 15) is 5.11 Å². The lowest BCUT2D eigenvalue weighted by Crippen LogP contribution is -2.39. The van der Waals surface area contributed by atoms with Crippen LogP contribution in [0, 0.1) is 0 Å². The van der Waals surface area contributed by atoms with Gasteiger partial charge in [0.15, 0.2) is 0 Å². The van der Waals surface area contributed by atoms with Crippen LogP contribution in [-0.4, -0.2) is 22.6 Å². The van der Waals surface area contributed by atoms with Crippen LogP contribution in [0.5, 0.6) is 0 Å². The minimum atomic E-state index is -0.613. The van der Waals surface area contributed by atoms with Crippen molar-refractivity contribution >= 4 is 11.5 Å². The molecule has 2 heterocycles. The van der Waals surface area contributed by atoms with Gasteiger partial charge in [0.1, 0.15) is 0 Å². The summed E-state index contributed by atoms with van der Waals surface area (Å²) in [5.74, 6) is 0. The van der Waals surface area contributed by atoms with Gasteiger partial charge in [-0.05, 0) is 37.5 Å². The molecule has 1 aromatic heterocycles. The lowest BCUT2D eigenvalue weighted by Gasteiger charge is -2.31. The first-order valence-corrected chi connectivity index (χ1v) is 4.98. The summed E-state index contributed by atoms with van der Waals surface area (Å²) in [5, 5.41) is 15.3. The summed E-state index contributed by atoms with van der Waals surface area (Å²) in [6, 6.07) is 0. The monoisotopic (exact) mass is 184 g/mol. The van der Waals surface area contributed by atoms with Gasteiger partial charge in [-0.1, -0.05) is 0 Å². The number of aromatic nitrogens is 1. The van der Waals surface area contributed by atoms with Crippen LogP contribution in [0.15, 0.2) is 11.6 Å². The fourth-order valence-corrected chi connectivity index (χ4v) is 2.19. The Kier molecular flexibility index (Phi) is 2.12. The number of hydrogen-bond acceptors (Lipinski definition) is 4. The van der Waals surface area contributed by atoms with Crippen LogP contribution in [-0.2, 0) is 5.60 Å². The van der Waals surface area contributed by atoms with Gasteiger partial charge in [-0.3, -0.25) is 0 Å². The molecule has 0 atom stereocenters. The molecule has 3 nitrogen and oxygen atoms in total. The largest absolute Gasteiger partial charge is 0.385 e. The lowest BCUT2D eigenvalue weighted by molar-refractivity contribution is 0.00616. The average Bonchev–Trinajstić information content (AvgIpc) is 2.58. The fourth-order valence-electron chi connectivity index (χ4n) is 1.56. The van der Waals surface area contributed by atoms with Crippen molar-refractivity contribution in [1.82, 2.24) is 9.69 Å². The van der Waals surface area contributed by atoms with Crippen molar-refractivity contribution in [3.8, 4) is 0 Å². The van der Waals surface area contributed by atoms with Crippen LogP contribution in [0.25, 0.3) is 0 Å². The maximum atomic E-state index is 10.2. The maximum absolute atomic E-state index is 10.2. The molecule has 2 rings (SSSR count). The van der Waals surface area contributed by atoms with Gasteiger partial charge in [0, 0.05) is 17.1 Å². The van der Waals surface area contributed by atoms with Crippen molar-refractivity contribution in [3.63, 3.8) is 0 Å². The van der Waals surface area contributed by atoms with E-state index in [1.54, 1.807) is 6.20 Å². The van der Waals surface area contributed by atoms with Crippen molar-refractivity contribution in [2.45, 2.75) is 18.4 Å². The highest BCUT2D eigenvalue weighted by atomic mass is 32.1. The third-order valence-electron chi connectivity index (χ3n) is 2.40. The molecule has 66 valence electrons. The Morgan fingerprint density at radius 1 is 1.50 bits per heavy atom. The first-order valence-electron chi connectivity index (χ1n) is 4.14. The molecule has 0 radical (unpaired) electrons. The third-order valence-corrected chi connectivity index (χ3v) is 2.99. The summed E-state index contributed by atoms with van der Waals surface area (Å²) in [4.78, 5) is 0. The Labute approximate surface area is 75.6 Å². The van der Waals surface area contributed by atoms with E-state index >= 15 is 0 Å². The summed E-state index contributed by atoms with van der Waals surface area (Å²) in [6.07, 6.45) is 3.37. The van der Waals surface area contributed by atoms with E-state index in [-0.39, 0.29) is 0 Å². The predicted octanol–water partition coefficient (Wildman–Crippen LogP) is 0.714. The van der Waals surface area contributed by atoms with E-state index in [4.69, 9.17) is 0 Å². The number of hydrogen-bond donors (Lipinski definition) is 2. The zero-order chi connectivity index (χ0) is 8.44. The molecule has 0 unspecified atom stereocenters. The Morgan fingerprint density at radius 2 is 2.25 bits per heavy atom. The van der Waals surface area contributed by atoms with Crippen LogP contribution in [0.2, 0.25) is 0 Å². The summed E-state index contributed by atoms with van der Waals surface area (Å²) >= 11 is 1.40. The molecule has 0 amide bonds. The van der Waals surface area contributed by atoms with Gasteiger partial charge in [-0.15, -0.1) is 0 Å². The highest BCUT2D eigenvalue weighted by Gasteiger charge is 2.31. The van der Waals surface area contributed by atoms with Gasteiger partial charge in [0.25, 0.3) is 0 Å². The Hall–Kier alpha value is -0.450. The second kappa shape index (κ2) is 3.12. The fraction of sp³-hybridized carbons (Fsp3) is 0.625. The Balaban J connectivity index is 2.19. The second-order valence-electron chi connectivity index (χ2n) is 3.19. The molecular weight excluding hydrogens is 172 g/mol. The summed E-state index contributed by atoms with van der Waals surface area (Å²) in [5.41, 5.74) is 0.368. The minimum absolute atomic E-state index is 0.613. The number of rotatable bonds is 1. The Bertz CT molecular complexity index is 242. The molecule has 1 aliphatic heterocycles. The van der Waals surface area contributed by atoms with E-state index in [0.29, 0.717) is 0 Å². The topological polar surface area (TPSA) is 45.2 Å². The maximum Gasteiger partial charge on any atom is 0.0944 e. The van der Waals surface area contributed by atoms with Crippen molar-refractivity contribution in [3.05, 3.63) is 17.1 Å². The highest BCUT2D eigenvalue weighted by Crippen LogP contribution is 2.30. The standard InChI is InChI=1S/C8H12N2OS/c11-8(1-3-9-4-2-8)7-5-10-12-6-7/h5-6,9,11H,1-4H2. The summed E-state index contributed by atoms with van der Waals surface area (Å²) in [6.45, 7) is 1.79. The average molecular weight is 184 g/mol. The van der Waals surface area contributed by atoms with Crippen molar-refractivity contribution in [2.24, 2.45) is 0 Å². The van der Waals surface area contributed by atoms with Crippen molar-refractivity contribution < 1.29 is 5.11 Å². The van der Waals surface area contributed by atoms with Crippen molar-refractivity contribution in [2.75, 3.05) is 13.1 Å². The van der Waals surface area contributed by atoms with E-state index in [0.717, 1.165) is 31.5 Å². The number of aliphatic hydroxyl groups is 1. The van der Waals surface area contributed by atoms with Crippen LogP contribution in [0.3, 0.4) is 0 Å². The molecule has 0 aromatic carbocycles. The Morgan fingerprint density at radius 3 is 2.83 bits per heavy atom. The molecule has 0 spiro atoms. The number of nitrogens with one attached hydrogen (secondary N) is 1. The first kappa shape index (κ1) is 8.16. The van der Waals surface area contributed by atoms with Crippen LogP contribution >= 0.6 is 11.5 Å². The zero-order valence-corrected chi connectivity index (χ0v) is 7.60. The molecule has 1 aromatic rings. The number of nitrogens with zero attached hydrogens (tertiary/aromatic N) is 1. The van der Waals surface area contributed by atoms with Crippen LogP contribution < -0.4 is 5.32 Å². The van der Waals surface area contributed by atoms with Crippen molar-refractivity contribution in [1.29, 1.82) is 0 Å². The number of piperidine rings is 1. The van der Waals surface area contributed by atoms with Gasteiger partial charge < -0.3 is 10.4 Å². The summed E-state index contributed by atoms with van der Waals surface area (Å²) < 4.78 is 4.00. The molecular formula is C8H12N2OS. The third kappa shape index (κ3) is 1.37.